The third-order valence-electron chi connectivity index (χ3n) is 3.64. The van der Waals surface area contributed by atoms with Crippen molar-refractivity contribution >= 4 is 0 Å². The molecule has 0 aliphatic rings. The van der Waals surface area contributed by atoms with Crippen molar-refractivity contribution in [2.45, 2.75) is 46.1 Å². The van der Waals surface area contributed by atoms with E-state index in [1.807, 2.05) is 26.1 Å². The predicted octanol–water partition coefficient (Wildman–Crippen LogP) is 3.26. The molecular formula is C14H21N3O. The number of nitrogens with two attached hydrogens (primary N) is 1. The Morgan fingerprint density at radius 3 is 2.50 bits per heavy atom. The van der Waals surface area contributed by atoms with Crippen LogP contribution < -0.4 is 5.73 Å². The molecule has 2 aromatic rings. The minimum atomic E-state index is -0.370. The molecule has 98 valence electrons. The molecule has 2 aromatic heterocycles. The van der Waals surface area contributed by atoms with Crippen molar-refractivity contribution in [2.24, 2.45) is 5.73 Å². The van der Waals surface area contributed by atoms with Crippen LogP contribution in [0.4, 0.5) is 0 Å². The lowest BCUT2D eigenvalue weighted by Gasteiger charge is -2.23. The summed E-state index contributed by atoms with van der Waals surface area (Å²) in [5.41, 5.74) is 7.99. The molecule has 0 spiro atoms. The molecule has 3 N–H and O–H groups in total. The minimum Gasteiger partial charge on any atom is -0.466 e. The summed E-state index contributed by atoms with van der Waals surface area (Å²) in [5, 5.41) is 0. The number of aromatic amines is 1. The number of furan rings is 1. The maximum Gasteiger partial charge on any atom is 0.126 e. The Balaban J connectivity index is 2.39. The fourth-order valence-electron chi connectivity index (χ4n) is 2.19. The molecule has 4 nitrogen and oxygen atoms in total. The highest BCUT2D eigenvalue weighted by Crippen LogP contribution is 2.28. The van der Waals surface area contributed by atoms with E-state index >= 15 is 0 Å². The van der Waals surface area contributed by atoms with E-state index in [1.54, 1.807) is 0 Å². The molecule has 0 bridgehead atoms. The first-order chi connectivity index (χ1) is 8.50. The minimum absolute atomic E-state index is 0.370. The molecule has 0 fully saturated rings. The number of nitrogens with one attached hydrogen (secondary N) is 1. The molecule has 0 saturated carbocycles. The van der Waals surface area contributed by atoms with Crippen molar-refractivity contribution in [1.82, 2.24) is 9.97 Å². The van der Waals surface area contributed by atoms with E-state index in [2.05, 4.69) is 23.8 Å². The van der Waals surface area contributed by atoms with Crippen molar-refractivity contribution in [1.29, 1.82) is 0 Å². The van der Waals surface area contributed by atoms with Gasteiger partial charge in [-0.05, 0) is 32.8 Å². The van der Waals surface area contributed by atoms with Gasteiger partial charge >= 0.3 is 0 Å². The summed E-state index contributed by atoms with van der Waals surface area (Å²) in [5.74, 6) is 2.66. The number of imidazole rings is 1. The van der Waals surface area contributed by atoms with Crippen LogP contribution in [-0.2, 0) is 5.54 Å². The van der Waals surface area contributed by atoms with Gasteiger partial charge in [0.25, 0.3) is 0 Å². The van der Waals surface area contributed by atoms with E-state index in [1.165, 1.54) is 0 Å². The normalized spacial score (nSPS) is 12.1. The molecule has 0 amide bonds. The van der Waals surface area contributed by atoms with Gasteiger partial charge in [0, 0.05) is 5.56 Å². The van der Waals surface area contributed by atoms with Gasteiger partial charge in [-0.3, -0.25) is 0 Å². The van der Waals surface area contributed by atoms with Crippen LogP contribution in [0.3, 0.4) is 0 Å². The zero-order chi connectivity index (χ0) is 13.3. The van der Waals surface area contributed by atoms with Crippen LogP contribution in [0.25, 0.3) is 11.3 Å². The summed E-state index contributed by atoms with van der Waals surface area (Å²) >= 11 is 0. The van der Waals surface area contributed by atoms with Crippen LogP contribution >= 0.6 is 0 Å². The Morgan fingerprint density at radius 2 is 2.00 bits per heavy atom. The molecule has 2 heterocycles. The van der Waals surface area contributed by atoms with Crippen LogP contribution in [0, 0.1) is 13.8 Å². The summed E-state index contributed by atoms with van der Waals surface area (Å²) in [7, 11) is 0. The van der Waals surface area contributed by atoms with E-state index in [0.29, 0.717) is 0 Å². The molecule has 0 atom stereocenters. The molecule has 0 radical (unpaired) electrons. The number of aromatic nitrogens is 2. The van der Waals surface area contributed by atoms with E-state index in [9.17, 15) is 0 Å². The van der Waals surface area contributed by atoms with Crippen LogP contribution in [0.1, 0.15) is 44.0 Å². The van der Waals surface area contributed by atoms with Crippen LogP contribution in [-0.4, -0.2) is 9.97 Å². The first-order valence-corrected chi connectivity index (χ1v) is 6.42. The lowest BCUT2D eigenvalue weighted by molar-refractivity contribution is 0.391. The number of rotatable bonds is 4. The Kier molecular flexibility index (Phi) is 3.30. The maximum absolute atomic E-state index is 6.34. The van der Waals surface area contributed by atoms with Crippen LogP contribution in [0.5, 0.6) is 0 Å². The standard InChI is InChI=1S/C14H21N3O/c1-5-14(15,6-2)13-16-8-12(17-13)11-7-9(3)18-10(11)4/h7-8H,5-6,15H2,1-4H3,(H,16,17). The molecule has 0 saturated heterocycles. The fraction of sp³-hybridized carbons (Fsp3) is 0.500. The maximum atomic E-state index is 6.34. The van der Waals surface area contributed by atoms with Crippen molar-refractivity contribution in [2.75, 3.05) is 0 Å². The monoisotopic (exact) mass is 247 g/mol. The zero-order valence-corrected chi connectivity index (χ0v) is 11.5. The highest BCUT2D eigenvalue weighted by molar-refractivity contribution is 5.61. The second kappa shape index (κ2) is 4.61. The highest BCUT2D eigenvalue weighted by atomic mass is 16.3. The Labute approximate surface area is 108 Å². The molecule has 2 rings (SSSR count). The van der Waals surface area contributed by atoms with Gasteiger partial charge in [-0.25, -0.2) is 4.98 Å². The van der Waals surface area contributed by atoms with Gasteiger partial charge < -0.3 is 15.1 Å². The van der Waals surface area contributed by atoms with Gasteiger partial charge in [-0.2, -0.15) is 0 Å². The summed E-state index contributed by atoms with van der Waals surface area (Å²) in [6.07, 6.45) is 3.55. The average molecular weight is 247 g/mol. The molecular weight excluding hydrogens is 226 g/mol. The average Bonchev–Trinajstić information content (AvgIpc) is 2.95. The van der Waals surface area contributed by atoms with Gasteiger partial charge in [-0.1, -0.05) is 13.8 Å². The molecule has 4 heteroatoms. The van der Waals surface area contributed by atoms with E-state index < -0.39 is 0 Å². The number of hydrogen-bond acceptors (Lipinski definition) is 3. The smallest absolute Gasteiger partial charge is 0.126 e. The number of hydrogen-bond donors (Lipinski definition) is 2. The van der Waals surface area contributed by atoms with E-state index in [-0.39, 0.29) is 5.54 Å². The number of H-pyrrole nitrogens is 1. The fourth-order valence-corrected chi connectivity index (χ4v) is 2.19. The van der Waals surface area contributed by atoms with Gasteiger partial charge in [0.1, 0.15) is 17.3 Å². The zero-order valence-electron chi connectivity index (χ0n) is 11.5. The Hall–Kier alpha value is -1.55. The van der Waals surface area contributed by atoms with Crippen molar-refractivity contribution in [3.05, 3.63) is 29.6 Å². The van der Waals surface area contributed by atoms with E-state index in [4.69, 9.17) is 10.2 Å². The molecule has 0 aliphatic heterocycles. The second-order valence-electron chi connectivity index (χ2n) is 4.84. The molecule has 0 aliphatic carbocycles. The van der Waals surface area contributed by atoms with Gasteiger partial charge in [0.2, 0.25) is 0 Å². The van der Waals surface area contributed by atoms with Crippen LogP contribution in [0.15, 0.2) is 16.7 Å². The lowest BCUT2D eigenvalue weighted by Crippen LogP contribution is -2.36. The number of nitrogens with zero attached hydrogens (tertiary/aromatic N) is 1. The first kappa shape index (κ1) is 12.9. The summed E-state index contributed by atoms with van der Waals surface area (Å²) in [6.45, 7) is 8.06. The summed E-state index contributed by atoms with van der Waals surface area (Å²) < 4.78 is 5.54. The van der Waals surface area contributed by atoms with Crippen molar-refractivity contribution in [3.63, 3.8) is 0 Å². The third-order valence-corrected chi connectivity index (χ3v) is 3.64. The quantitative estimate of drug-likeness (QED) is 0.871. The summed E-state index contributed by atoms with van der Waals surface area (Å²) in [4.78, 5) is 7.76. The predicted molar refractivity (Wildman–Crippen MR) is 72.2 cm³/mol. The molecule has 18 heavy (non-hydrogen) atoms. The first-order valence-electron chi connectivity index (χ1n) is 6.42. The van der Waals surface area contributed by atoms with Gasteiger partial charge in [0.05, 0.1) is 17.4 Å². The second-order valence-corrected chi connectivity index (χ2v) is 4.84. The molecule has 0 unspecified atom stereocenters. The number of aryl methyl sites for hydroxylation is 2. The lowest BCUT2D eigenvalue weighted by atomic mass is 9.93. The van der Waals surface area contributed by atoms with Crippen LogP contribution in [0.2, 0.25) is 0 Å². The van der Waals surface area contributed by atoms with Gasteiger partial charge in [0.15, 0.2) is 0 Å². The largest absolute Gasteiger partial charge is 0.466 e. The Morgan fingerprint density at radius 1 is 1.33 bits per heavy atom. The summed E-state index contributed by atoms with van der Waals surface area (Å²) in [6, 6.07) is 2.02. The van der Waals surface area contributed by atoms with E-state index in [0.717, 1.165) is 41.4 Å². The molecule has 0 aromatic carbocycles. The highest BCUT2D eigenvalue weighted by Gasteiger charge is 2.26. The Bertz CT molecular complexity index is 535. The SMILES string of the molecule is CCC(N)(CC)c1ncc(-c2cc(C)oc2C)[nH]1. The van der Waals surface area contributed by atoms with Gasteiger partial charge in [-0.15, -0.1) is 0 Å². The van der Waals surface area contributed by atoms with Crippen molar-refractivity contribution < 1.29 is 4.42 Å². The topological polar surface area (TPSA) is 67.8 Å². The third kappa shape index (κ3) is 2.08. The van der Waals surface area contributed by atoms with Crippen molar-refractivity contribution in [3.8, 4) is 11.3 Å².